The van der Waals surface area contributed by atoms with Crippen molar-refractivity contribution >= 4 is 17.5 Å². The Balaban J connectivity index is 1.41. The van der Waals surface area contributed by atoms with Gasteiger partial charge in [-0.1, -0.05) is 29.8 Å². The van der Waals surface area contributed by atoms with Crippen molar-refractivity contribution in [1.29, 1.82) is 0 Å². The van der Waals surface area contributed by atoms with E-state index in [1.165, 1.54) is 22.4 Å². The van der Waals surface area contributed by atoms with Gasteiger partial charge in [-0.2, -0.15) is 0 Å². The molecule has 1 atom stereocenters. The van der Waals surface area contributed by atoms with Crippen molar-refractivity contribution in [2.75, 3.05) is 37.6 Å². The first-order chi connectivity index (χ1) is 13.9. The first kappa shape index (κ1) is 19.5. The Hall–Kier alpha value is -2.82. The molecule has 2 aliphatic rings. The molecule has 2 saturated heterocycles. The number of nitrogens with one attached hydrogen (secondary N) is 1. The molecule has 5 heteroatoms. The van der Waals surface area contributed by atoms with E-state index in [1.807, 2.05) is 29.2 Å². The summed E-state index contributed by atoms with van der Waals surface area (Å²) in [5, 5.41) is 2.87. The zero-order valence-corrected chi connectivity index (χ0v) is 17.5. The van der Waals surface area contributed by atoms with Crippen LogP contribution in [0.25, 0.3) is 0 Å². The molecule has 2 aromatic rings. The lowest BCUT2D eigenvalue weighted by Crippen LogP contribution is -2.49. The summed E-state index contributed by atoms with van der Waals surface area (Å²) >= 11 is 0. The number of hydrogen-bond donors (Lipinski definition) is 1. The third-order valence-corrected chi connectivity index (χ3v) is 6.13. The van der Waals surface area contributed by atoms with E-state index in [2.05, 4.69) is 43.1 Å². The van der Waals surface area contributed by atoms with Crippen molar-refractivity contribution in [3.8, 4) is 0 Å². The Labute approximate surface area is 172 Å². The highest BCUT2D eigenvalue weighted by Gasteiger charge is 2.27. The van der Waals surface area contributed by atoms with Crippen LogP contribution in [0, 0.1) is 20.8 Å². The number of piperazine rings is 1. The van der Waals surface area contributed by atoms with Crippen LogP contribution in [-0.4, -0.2) is 49.4 Å². The molecule has 29 heavy (non-hydrogen) atoms. The third-order valence-electron chi connectivity index (χ3n) is 6.13. The molecule has 2 amide bonds. The van der Waals surface area contributed by atoms with Gasteiger partial charge < -0.3 is 15.1 Å². The average Bonchev–Trinajstić information content (AvgIpc) is 3.13. The highest BCUT2D eigenvalue weighted by Crippen LogP contribution is 2.28. The molecule has 0 saturated carbocycles. The lowest BCUT2D eigenvalue weighted by atomic mass is 9.96. The summed E-state index contributed by atoms with van der Waals surface area (Å²) in [6.45, 7) is 10.3. The minimum absolute atomic E-state index is 0.0735. The fraction of sp³-hybridized carbons (Fsp3) is 0.417. The Morgan fingerprint density at radius 2 is 1.59 bits per heavy atom. The van der Waals surface area contributed by atoms with Crippen molar-refractivity contribution in [3.63, 3.8) is 0 Å². The van der Waals surface area contributed by atoms with Crippen LogP contribution in [-0.2, 0) is 4.79 Å². The monoisotopic (exact) mass is 391 g/mol. The summed E-state index contributed by atoms with van der Waals surface area (Å²) in [5.41, 5.74) is 6.88. The fourth-order valence-electron chi connectivity index (χ4n) is 4.76. The van der Waals surface area contributed by atoms with Gasteiger partial charge in [0.15, 0.2) is 0 Å². The molecule has 0 aliphatic carbocycles. The highest BCUT2D eigenvalue weighted by atomic mass is 16.2. The first-order valence-electron chi connectivity index (χ1n) is 10.4. The van der Waals surface area contributed by atoms with Gasteiger partial charge in [0.1, 0.15) is 0 Å². The number of rotatable bonds is 3. The molecule has 152 valence electrons. The standard InChI is InChI=1S/C24H29N3O2/c1-16-14-17(2)22(18(3)15-16)26-10-12-27(13-11-26)24(29)20-6-4-19(5-7-20)21-8-9-25-23(21)28/h4-7,14-15,21H,8-13H2,1-3H3,(H,25,28). The smallest absolute Gasteiger partial charge is 0.253 e. The zero-order valence-electron chi connectivity index (χ0n) is 17.5. The largest absolute Gasteiger partial charge is 0.368 e. The number of carbonyl (C=O) groups is 2. The minimum Gasteiger partial charge on any atom is -0.368 e. The molecule has 1 N–H and O–H groups in total. The lowest BCUT2D eigenvalue weighted by Gasteiger charge is -2.37. The van der Waals surface area contributed by atoms with Gasteiger partial charge in [0.2, 0.25) is 5.91 Å². The quantitative estimate of drug-likeness (QED) is 0.874. The molecular formula is C24H29N3O2. The second kappa shape index (κ2) is 7.90. The number of hydrogen-bond acceptors (Lipinski definition) is 3. The van der Waals surface area contributed by atoms with E-state index in [-0.39, 0.29) is 17.7 Å². The second-order valence-corrected chi connectivity index (χ2v) is 8.28. The van der Waals surface area contributed by atoms with Crippen LogP contribution in [0.1, 0.15) is 45.0 Å². The van der Waals surface area contributed by atoms with Gasteiger partial charge in [0, 0.05) is 44.0 Å². The maximum atomic E-state index is 12.9. The molecular weight excluding hydrogens is 362 g/mol. The van der Waals surface area contributed by atoms with Crippen LogP contribution in [0.5, 0.6) is 0 Å². The molecule has 4 rings (SSSR count). The highest BCUT2D eigenvalue weighted by molar-refractivity contribution is 5.94. The Kier molecular flexibility index (Phi) is 5.31. The molecule has 2 aliphatic heterocycles. The summed E-state index contributed by atoms with van der Waals surface area (Å²) in [7, 11) is 0. The lowest BCUT2D eigenvalue weighted by molar-refractivity contribution is -0.120. The van der Waals surface area contributed by atoms with E-state index >= 15 is 0 Å². The van der Waals surface area contributed by atoms with Gasteiger partial charge in [-0.25, -0.2) is 0 Å². The topological polar surface area (TPSA) is 52.6 Å². The van der Waals surface area contributed by atoms with Crippen LogP contribution in [0.3, 0.4) is 0 Å². The van der Waals surface area contributed by atoms with Gasteiger partial charge in [-0.15, -0.1) is 0 Å². The van der Waals surface area contributed by atoms with E-state index in [0.717, 1.165) is 44.7 Å². The Morgan fingerprint density at radius 1 is 0.966 bits per heavy atom. The Morgan fingerprint density at radius 3 is 2.14 bits per heavy atom. The van der Waals surface area contributed by atoms with Gasteiger partial charge >= 0.3 is 0 Å². The van der Waals surface area contributed by atoms with Crippen molar-refractivity contribution in [1.82, 2.24) is 10.2 Å². The average molecular weight is 392 g/mol. The van der Waals surface area contributed by atoms with E-state index < -0.39 is 0 Å². The minimum atomic E-state index is -0.0799. The van der Waals surface area contributed by atoms with Gasteiger partial charge in [-0.3, -0.25) is 9.59 Å². The van der Waals surface area contributed by atoms with Crippen LogP contribution >= 0.6 is 0 Å². The fourth-order valence-corrected chi connectivity index (χ4v) is 4.76. The second-order valence-electron chi connectivity index (χ2n) is 8.28. The van der Waals surface area contributed by atoms with E-state index in [9.17, 15) is 9.59 Å². The van der Waals surface area contributed by atoms with Crippen LogP contribution in [0.15, 0.2) is 36.4 Å². The summed E-state index contributed by atoms with van der Waals surface area (Å²) in [5.74, 6) is 0.0787. The molecule has 5 nitrogen and oxygen atoms in total. The zero-order chi connectivity index (χ0) is 20.5. The molecule has 0 radical (unpaired) electrons. The van der Waals surface area contributed by atoms with Crippen molar-refractivity contribution in [2.45, 2.75) is 33.1 Å². The van der Waals surface area contributed by atoms with Crippen LogP contribution in [0.4, 0.5) is 5.69 Å². The summed E-state index contributed by atoms with van der Waals surface area (Å²) in [4.78, 5) is 29.1. The van der Waals surface area contributed by atoms with Crippen LogP contribution in [0.2, 0.25) is 0 Å². The number of benzene rings is 2. The number of nitrogens with zero attached hydrogens (tertiary/aromatic N) is 2. The van der Waals surface area contributed by atoms with Crippen molar-refractivity contribution in [3.05, 3.63) is 64.2 Å². The van der Waals surface area contributed by atoms with Gasteiger partial charge in [0.05, 0.1) is 5.92 Å². The SMILES string of the molecule is Cc1cc(C)c(N2CCN(C(=O)c3ccc(C4CCNC4=O)cc3)CC2)c(C)c1. The molecule has 2 heterocycles. The summed E-state index contributed by atoms with van der Waals surface area (Å²) in [6.07, 6.45) is 0.825. The first-order valence-corrected chi connectivity index (χ1v) is 10.4. The number of anilines is 1. The van der Waals surface area contributed by atoms with E-state index in [0.29, 0.717) is 5.56 Å². The van der Waals surface area contributed by atoms with Crippen LogP contribution < -0.4 is 10.2 Å². The van der Waals surface area contributed by atoms with Gasteiger partial charge in [0.25, 0.3) is 5.91 Å². The predicted molar refractivity (Wildman–Crippen MR) is 116 cm³/mol. The molecule has 0 spiro atoms. The van der Waals surface area contributed by atoms with E-state index in [1.54, 1.807) is 0 Å². The molecule has 1 unspecified atom stereocenters. The molecule has 0 bridgehead atoms. The van der Waals surface area contributed by atoms with Crippen molar-refractivity contribution in [2.24, 2.45) is 0 Å². The number of amides is 2. The maximum Gasteiger partial charge on any atom is 0.253 e. The maximum absolute atomic E-state index is 12.9. The molecule has 2 aromatic carbocycles. The van der Waals surface area contributed by atoms with Gasteiger partial charge in [-0.05, 0) is 56.0 Å². The molecule has 0 aromatic heterocycles. The normalized spacial score (nSPS) is 19.4. The number of aryl methyl sites for hydroxylation is 3. The van der Waals surface area contributed by atoms with E-state index in [4.69, 9.17) is 0 Å². The Bertz CT molecular complexity index is 905. The summed E-state index contributed by atoms with van der Waals surface area (Å²) < 4.78 is 0. The summed E-state index contributed by atoms with van der Waals surface area (Å²) in [6, 6.07) is 12.0. The number of carbonyl (C=O) groups excluding carboxylic acids is 2. The third kappa shape index (κ3) is 3.86. The van der Waals surface area contributed by atoms with Crippen molar-refractivity contribution < 1.29 is 9.59 Å². The predicted octanol–water partition coefficient (Wildman–Crippen LogP) is 3.18. The molecule has 2 fully saturated rings.